The normalized spacial score (nSPS) is 27.8. The predicted molar refractivity (Wildman–Crippen MR) is 61.8 cm³/mol. The first-order chi connectivity index (χ1) is 7.54. The molecule has 0 aliphatic heterocycles. The van der Waals surface area contributed by atoms with E-state index in [-0.39, 0.29) is 6.04 Å². The number of aliphatic hydroxyl groups excluding tert-OH is 2. The SMILES string of the molecule is CC(C)[C@H]1CC[C@H](NC(=O)C(O)CO)CC1. The highest BCUT2D eigenvalue weighted by Crippen LogP contribution is 2.29. The second-order valence-corrected chi connectivity index (χ2v) is 5.06. The van der Waals surface area contributed by atoms with Crippen molar-refractivity contribution in [2.45, 2.75) is 51.7 Å². The summed E-state index contributed by atoms with van der Waals surface area (Å²) in [6.07, 6.45) is 2.96. The van der Waals surface area contributed by atoms with Crippen LogP contribution in [0, 0.1) is 11.8 Å². The zero-order valence-corrected chi connectivity index (χ0v) is 10.1. The van der Waals surface area contributed by atoms with E-state index in [2.05, 4.69) is 19.2 Å². The van der Waals surface area contributed by atoms with Gasteiger partial charge in [0.05, 0.1) is 6.61 Å². The standard InChI is InChI=1S/C12H23NO3/c1-8(2)9-3-5-10(6-4-9)13-12(16)11(15)7-14/h8-11,14-15H,3-7H2,1-2H3,(H,13,16)/t9-,10-,11?. The van der Waals surface area contributed by atoms with E-state index in [1.165, 1.54) is 0 Å². The van der Waals surface area contributed by atoms with Gasteiger partial charge in [-0.3, -0.25) is 4.79 Å². The molecule has 4 heteroatoms. The third-order valence-electron chi connectivity index (χ3n) is 3.54. The molecule has 0 bridgehead atoms. The van der Waals surface area contributed by atoms with Crippen LogP contribution in [0.2, 0.25) is 0 Å². The Labute approximate surface area is 97.0 Å². The highest BCUT2D eigenvalue weighted by atomic mass is 16.3. The molecule has 1 rings (SSSR count). The van der Waals surface area contributed by atoms with Crippen molar-refractivity contribution in [3.8, 4) is 0 Å². The van der Waals surface area contributed by atoms with Gasteiger partial charge in [-0.05, 0) is 37.5 Å². The highest BCUT2D eigenvalue weighted by molar-refractivity contribution is 5.80. The van der Waals surface area contributed by atoms with Gasteiger partial charge in [0.15, 0.2) is 6.10 Å². The minimum Gasteiger partial charge on any atom is -0.393 e. The second-order valence-electron chi connectivity index (χ2n) is 5.06. The topological polar surface area (TPSA) is 69.6 Å². The largest absolute Gasteiger partial charge is 0.393 e. The van der Waals surface area contributed by atoms with Crippen molar-refractivity contribution in [1.29, 1.82) is 0 Å². The summed E-state index contributed by atoms with van der Waals surface area (Å²) < 4.78 is 0. The van der Waals surface area contributed by atoms with E-state index in [0.29, 0.717) is 5.92 Å². The minimum absolute atomic E-state index is 0.170. The van der Waals surface area contributed by atoms with Gasteiger partial charge in [0.1, 0.15) is 0 Å². The van der Waals surface area contributed by atoms with Crippen LogP contribution in [0.15, 0.2) is 0 Å². The predicted octanol–water partition coefficient (Wildman–Crippen LogP) is 0.671. The van der Waals surface area contributed by atoms with Crippen LogP contribution in [0.4, 0.5) is 0 Å². The molecule has 0 aromatic carbocycles. The second kappa shape index (κ2) is 6.21. The van der Waals surface area contributed by atoms with Crippen LogP contribution in [0.1, 0.15) is 39.5 Å². The van der Waals surface area contributed by atoms with Gasteiger partial charge in [-0.1, -0.05) is 13.8 Å². The van der Waals surface area contributed by atoms with E-state index in [1.54, 1.807) is 0 Å². The molecular formula is C12H23NO3. The third kappa shape index (κ3) is 3.76. The molecule has 3 N–H and O–H groups in total. The maximum atomic E-state index is 11.3. The molecule has 1 aliphatic rings. The number of carbonyl (C=O) groups is 1. The van der Waals surface area contributed by atoms with E-state index in [4.69, 9.17) is 10.2 Å². The molecule has 1 unspecified atom stereocenters. The van der Waals surface area contributed by atoms with E-state index in [9.17, 15) is 4.79 Å². The molecule has 4 nitrogen and oxygen atoms in total. The lowest BCUT2D eigenvalue weighted by molar-refractivity contribution is -0.132. The Morgan fingerprint density at radius 1 is 1.31 bits per heavy atom. The van der Waals surface area contributed by atoms with Gasteiger partial charge in [-0.15, -0.1) is 0 Å². The van der Waals surface area contributed by atoms with Gasteiger partial charge in [0.25, 0.3) is 5.91 Å². The average Bonchev–Trinajstić information content (AvgIpc) is 2.28. The van der Waals surface area contributed by atoms with Gasteiger partial charge in [-0.25, -0.2) is 0 Å². The van der Waals surface area contributed by atoms with E-state index >= 15 is 0 Å². The maximum Gasteiger partial charge on any atom is 0.251 e. The number of aliphatic hydroxyl groups is 2. The van der Waals surface area contributed by atoms with Crippen molar-refractivity contribution in [3.05, 3.63) is 0 Å². The molecule has 1 fully saturated rings. The van der Waals surface area contributed by atoms with Crippen LogP contribution in [0.25, 0.3) is 0 Å². The van der Waals surface area contributed by atoms with E-state index < -0.39 is 18.6 Å². The summed E-state index contributed by atoms with van der Waals surface area (Å²) >= 11 is 0. The molecule has 0 aromatic heterocycles. The molecular weight excluding hydrogens is 206 g/mol. The molecule has 0 saturated heterocycles. The van der Waals surface area contributed by atoms with Crippen molar-refractivity contribution in [2.75, 3.05) is 6.61 Å². The first-order valence-corrected chi connectivity index (χ1v) is 6.14. The minimum atomic E-state index is -1.28. The van der Waals surface area contributed by atoms with Crippen molar-refractivity contribution < 1.29 is 15.0 Å². The van der Waals surface area contributed by atoms with Gasteiger partial charge in [0.2, 0.25) is 0 Å². The smallest absolute Gasteiger partial charge is 0.251 e. The summed E-state index contributed by atoms with van der Waals surface area (Å²) in [7, 11) is 0. The summed E-state index contributed by atoms with van der Waals surface area (Å²) in [5.74, 6) is 1.02. The number of amides is 1. The van der Waals surface area contributed by atoms with Crippen molar-refractivity contribution in [3.63, 3.8) is 0 Å². The van der Waals surface area contributed by atoms with E-state index in [0.717, 1.165) is 31.6 Å². The first kappa shape index (κ1) is 13.5. The van der Waals surface area contributed by atoms with Gasteiger partial charge >= 0.3 is 0 Å². The van der Waals surface area contributed by atoms with E-state index in [1.807, 2.05) is 0 Å². The Hall–Kier alpha value is -0.610. The lowest BCUT2D eigenvalue weighted by Gasteiger charge is -2.31. The molecule has 1 aliphatic carbocycles. The zero-order valence-electron chi connectivity index (χ0n) is 10.1. The number of nitrogens with one attached hydrogen (secondary N) is 1. The monoisotopic (exact) mass is 229 g/mol. The number of carbonyl (C=O) groups excluding carboxylic acids is 1. The molecule has 0 spiro atoms. The summed E-state index contributed by atoms with van der Waals surface area (Å²) in [5.41, 5.74) is 0. The zero-order chi connectivity index (χ0) is 12.1. The van der Waals surface area contributed by atoms with Crippen LogP contribution in [0.3, 0.4) is 0 Å². The van der Waals surface area contributed by atoms with Crippen molar-refractivity contribution >= 4 is 5.91 Å². The summed E-state index contributed by atoms with van der Waals surface area (Å²) in [4.78, 5) is 11.3. The lowest BCUT2D eigenvalue weighted by Crippen LogP contribution is -2.44. The number of rotatable bonds is 4. The summed E-state index contributed by atoms with van der Waals surface area (Å²) in [6, 6.07) is 0.170. The first-order valence-electron chi connectivity index (χ1n) is 6.14. The maximum absolute atomic E-state index is 11.3. The summed E-state index contributed by atoms with van der Waals surface area (Å²) in [5, 5.41) is 20.6. The molecule has 0 heterocycles. The molecule has 1 amide bonds. The highest BCUT2D eigenvalue weighted by Gasteiger charge is 2.25. The van der Waals surface area contributed by atoms with Crippen LogP contribution in [-0.2, 0) is 4.79 Å². The Bertz CT molecular complexity index is 222. The number of hydrogen-bond acceptors (Lipinski definition) is 3. The van der Waals surface area contributed by atoms with Gasteiger partial charge in [0, 0.05) is 6.04 Å². The Morgan fingerprint density at radius 3 is 2.31 bits per heavy atom. The molecule has 0 aromatic rings. The van der Waals surface area contributed by atoms with Crippen LogP contribution in [0.5, 0.6) is 0 Å². The number of hydrogen-bond donors (Lipinski definition) is 3. The van der Waals surface area contributed by atoms with Crippen molar-refractivity contribution in [2.24, 2.45) is 11.8 Å². The quantitative estimate of drug-likeness (QED) is 0.663. The molecule has 0 radical (unpaired) electrons. The fourth-order valence-corrected chi connectivity index (χ4v) is 2.31. The fourth-order valence-electron chi connectivity index (χ4n) is 2.31. The van der Waals surface area contributed by atoms with Crippen LogP contribution in [-0.4, -0.2) is 34.9 Å². The molecule has 94 valence electrons. The Morgan fingerprint density at radius 2 is 1.88 bits per heavy atom. The molecule has 16 heavy (non-hydrogen) atoms. The van der Waals surface area contributed by atoms with Crippen LogP contribution < -0.4 is 5.32 Å². The summed E-state index contributed by atoms with van der Waals surface area (Å²) in [6.45, 7) is 3.96. The average molecular weight is 229 g/mol. The van der Waals surface area contributed by atoms with Gasteiger partial charge in [-0.2, -0.15) is 0 Å². The van der Waals surface area contributed by atoms with Gasteiger partial charge < -0.3 is 15.5 Å². The Balaban J connectivity index is 2.29. The van der Waals surface area contributed by atoms with Crippen LogP contribution >= 0.6 is 0 Å². The fraction of sp³-hybridized carbons (Fsp3) is 0.917. The lowest BCUT2D eigenvalue weighted by atomic mass is 9.79. The third-order valence-corrected chi connectivity index (χ3v) is 3.54. The molecule has 1 atom stereocenters. The molecule has 1 saturated carbocycles. The Kier molecular flexibility index (Phi) is 5.22. The van der Waals surface area contributed by atoms with Crippen molar-refractivity contribution in [1.82, 2.24) is 5.32 Å².